The number of aromatic nitrogens is 3. The third-order valence-electron chi connectivity index (χ3n) is 2.06. The molecule has 2 rings (SSSR count). The lowest BCUT2D eigenvalue weighted by atomic mass is 10.2. The van der Waals surface area contributed by atoms with Gasteiger partial charge in [-0.3, -0.25) is 0 Å². The molecule has 0 aliphatic rings. The van der Waals surface area contributed by atoms with E-state index < -0.39 is 0 Å². The lowest BCUT2D eigenvalue weighted by Gasteiger charge is -2.02. The molecule has 0 saturated carbocycles. The van der Waals surface area contributed by atoms with Gasteiger partial charge in [-0.2, -0.15) is 0 Å². The van der Waals surface area contributed by atoms with Gasteiger partial charge in [0.2, 0.25) is 5.95 Å². The molecule has 0 bridgehead atoms. The van der Waals surface area contributed by atoms with Crippen molar-refractivity contribution in [2.45, 2.75) is 6.54 Å². The largest absolute Gasteiger partial charge is 0.497 e. The van der Waals surface area contributed by atoms with Crippen molar-refractivity contribution in [2.75, 3.05) is 12.8 Å². The Bertz CT molecular complexity index is 435. The SMILES string of the molecule is COc1ccc(Cn2cnc(N)n2)cc1. The van der Waals surface area contributed by atoms with Gasteiger partial charge in [0.25, 0.3) is 0 Å². The Morgan fingerprint density at radius 1 is 1.33 bits per heavy atom. The molecule has 5 nitrogen and oxygen atoms in total. The standard InChI is InChI=1S/C10H12N4O/c1-15-9-4-2-8(3-5-9)6-14-7-12-10(11)13-14/h2-5,7H,6H2,1H3,(H2,11,13). The molecule has 15 heavy (non-hydrogen) atoms. The average molecular weight is 204 g/mol. The van der Waals surface area contributed by atoms with E-state index in [1.807, 2.05) is 24.3 Å². The van der Waals surface area contributed by atoms with Crippen LogP contribution in [0.3, 0.4) is 0 Å². The average Bonchev–Trinajstić information content (AvgIpc) is 2.65. The maximum Gasteiger partial charge on any atom is 0.239 e. The number of anilines is 1. The third kappa shape index (κ3) is 2.25. The number of hydrogen-bond donors (Lipinski definition) is 1. The fourth-order valence-electron chi connectivity index (χ4n) is 1.30. The number of hydrogen-bond acceptors (Lipinski definition) is 4. The first-order chi connectivity index (χ1) is 7.28. The van der Waals surface area contributed by atoms with Crippen molar-refractivity contribution in [3.63, 3.8) is 0 Å². The lowest BCUT2D eigenvalue weighted by Crippen LogP contribution is -2.00. The van der Waals surface area contributed by atoms with Crippen LogP contribution in [-0.2, 0) is 6.54 Å². The summed E-state index contributed by atoms with van der Waals surface area (Å²) >= 11 is 0. The number of nitrogen functional groups attached to an aromatic ring is 1. The monoisotopic (exact) mass is 204 g/mol. The molecule has 0 fully saturated rings. The zero-order chi connectivity index (χ0) is 10.7. The minimum absolute atomic E-state index is 0.295. The van der Waals surface area contributed by atoms with Crippen LogP contribution in [0.4, 0.5) is 5.95 Å². The molecular weight excluding hydrogens is 192 g/mol. The second-order valence-electron chi connectivity index (χ2n) is 3.15. The fraction of sp³-hybridized carbons (Fsp3) is 0.200. The fourth-order valence-corrected chi connectivity index (χ4v) is 1.30. The highest BCUT2D eigenvalue weighted by Gasteiger charge is 1.98. The quantitative estimate of drug-likeness (QED) is 0.807. The van der Waals surface area contributed by atoms with Crippen LogP contribution in [0.2, 0.25) is 0 Å². The van der Waals surface area contributed by atoms with Crippen molar-refractivity contribution in [3.05, 3.63) is 36.2 Å². The maximum atomic E-state index is 5.41. The van der Waals surface area contributed by atoms with E-state index >= 15 is 0 Å². The molecule has 0 amide bonds. The summed E-state index contributed by atoms with van der Waals surface area (Å²) in [6, 6.07) is 7.79. The van der Waals surface area contributed by atoms with E-state index in [1.165, 1.54) is 0 Å². The normalized spacial score (nSPS) is 10.2. The maximum absolute atomic E-state index is 5.41. The summed E-state index contributed by atoms with van der Waals surface area (Å²) in [6.45, 7) is 0.661. The Balaban J connectivity index is 2.11. The second kappa shape index (κ2) is 4.00. The molecule has 2 N–H and O–H groups in total. The topological polar surface area (TPSA) is 66.0 Å². The van der Waals surface area contributed by atoms with Gasteiger partial charge in [0.1, 0.15) is 12.1 Å². The minimum Gasteiger partial charge on any atom is -0.497 e. The highest BCUT2D eigenvalue weighted by atomic mass is 16.5. The summed E-state index contributed by atoms with van der Waals surface area (Å²) in [6.07, 6.45) is 1.61. The van der Waals surface area contributed by atoms with Crippen molar-refractivity contribution in [3.8, 4) is 5.75 Å². The molecule has 0 unspecified atom stereocenters. The van der Waals surface area contributed by atoms with Crippen molar-refractivity contribution in [2.24, 2.45) is 0 Å². The van der Waals surface area contributed by atoms with Crippen LogP contribution in [0.15, 0.2) is 30.6 Å². The van der Waals surface area contributed by atoms with Crippen molar-refractivity contribution >= 4 is 5.95 Å². The zero-order valence-electron chi connectivity index (χ0n) is 8.42. The lowest BCUT2D eigenvalue weighted by molar-refractivity contribution is 0.414. The highest BCUT2D eigenvalue weighted by Crippen LogP contribution is 2.11. The highest BCUT2D eigenvalue weighted by molar-refractivity contribution is 5.27. The molecule has 0 radical (unpaired) electrons. The first-order valence-electron chi connectivity index (χ1n) is 4.56. The summed E-state index contributed by atoms with van der Waals surface area (Å²) in [7, 11) is 1.65. The molecule has 2 aromatic rings. The van der Waals surface area contributed by atoms with Crippen LogP contribution in [0.5, 0.6) is 5.75 Å². The number of nitrogens with zero attached hydrogens (tertiary/aromatic N) is 3. The van der Waals surface area contributed by atoms with Gasteiger partial charge in [0, 0.05) is 0 Å². The van der Waals surface area contributed by atoms with Gasteiger partial charge in [-0.15, -0.1) is 5.10 Å². The van der Waals surface area contributed by atoms with Crippen LogP contribution in [0, 0.1) is 0 Å². The first-order valence-corrected chi connectivity index (χ1v) is 4.56. The van der Waals surface area contributed by atoms with E-state index in [9.17, 15) is 0 Å². The molecule has 0 aliphatic carbocycles. The van der Waals surface area contributed by atoms with Gasteiger partial charge in [-0.1, -0.05) is 12.1 Å². The van der Waals surface area contributed by atoms with Gasteiger partial charge >= 0.3 is 0 Å². The van der Waals surface area contributed by atoms with E-state index in [0.29, 0.717) is 12.5 Å². The summed E-state index contributed by atoms with van der Waals surface area (Å²) in [5, 5.41) is 4.00. The number of nitrogens with two attached hydrogens (primary N) is 1. The van der Waals surface area contributed by atoms with Crippen LogP contribution >= 0.6 is 0 Å². The zero-order valence-corrected chi connectivity index (χ0v) is 8.42. The number of benzene rings is 1. The Labute approximate surface area is 87.5 Å². The molecule has 0 saturated heterocycles. The third-order valence-corrected chi connectivity index (χ3v) is 2.06. The smallest absolute Gasteiger partial charge is 0.239 e. The van der Waals surface area contributed by atoms with Gasteiger partial charge in [-0.25, -0.2) is 9.67 Å². The van der Waals surface area contributed by atoms with Crippen LogP contribution in [0.1, 0.15) is 5.56 Å². The van der Waals surface area contributed by atoms with E-state index in [-0.39, 0.29) is 0 Å². The predicted octanol–water partition coefficient (Wildman–Crippen LogP) is 0.917. The van der Waals surface area contributed by atoms with E-state index in [2.05, 4.69) is 10.1 Å². The number of rotatable bonds is 3. The summed E-state index contributed by atoms with van der Waals surface area (Å²) in [4.78, 5) is 3.85. The molecule has 0 spiro atoms. The molecule has 1 aromatic carbocycles. The van der Waals surface area contributed by atoms with Gasteiger partial charge < -0.3 is 10.5 Å². The second-order valence-corrected chi connectivity index (χ2v) is 3.15. The molecule has 0 atom stereocenters. The van der Waals surface area contributed by atoms with Crippen molar-refractivity contribution < 1.29 is 4.74 Å². The molecule has 5 heteroatoms. The van der Waals surface area contributed by atoms with E-state index in [4.69, 9.17) is 10.5 Å². The Morgan fingerprint density at radius 2 is 2.07 bits per heavy atom. The van der Waals surface area contributed by atoms with Crippen molar-refractivity contribution in [1.29, 1.82) is 0 Å². The van der Waals surface area contributed by atoms with Crippen molar-refractivity contribution in [1.82, 2.24) is 14.8 Å². The van der Waals surface area contributed by atoms with E-state index in [1.54, 1.807) is 18.1 Å². The first kappa shape index (κ1) is 9.51. The Morgan fingerprint density at radius 3 is 2.60 bits per heavy atom. The molecule has 0 aliphatic heterocycles. The summed E-state index contributed by atoms with van der Waals surface area (Å²) in [5.41, 5.74) is 6.54. The summed E-state index contributed by atoms with van der Waals surface area (Å²) < 4.78 is 6.76. The Kier molecular flexibility index (Phi) is 2.53. The predicted molar refractivity (Wildman–Crippen MR) is 56.5 cm³/mol. The van der Waals surface area contributed by atoms with Crippen LogP contribution in [-0.4, -0.2) is 21.9 Å². The van der Waals surface area contributed by atoms with E-state index in [0.717, 1.165) is 11.3 Å². The van der Waals surface area contributed by atoms with Gasteiger partial charge in [0.15, 0.2) is 0 Å². The molecule has 78 valence electrons. The molecule has 1 aromatic heterocycles. The number of ether oxygens (including phenoxy) is 1. The van der Waals surface area contributed by atoms with Crippen LogP contribution in [0.25, 0.3) is 0 Å². The van der Waals surface area contributed by atoms with Gasteiger partial charge in [0.05, 0.1) is 13.7 Å². The number of methoxy groups -OCH3 is 1. The molecule has 1 heterocycles. The van der Waals surface area contributed by atoms with Gasteiger partial charge in [-0.05, 0) is 17.7 Å². The van der Waals surface area contributed by atoms with Crippen LogP contribution < -0.4 is 10.5 Å². The Hall–Kier alpha value is -2.04. The minimum atomic E-state index is 0.295. The summed E-state index contributed by atoms with van der Waals surface area (Å²) in [5.74, 6) is 1.14. The molecular formula is C10H12N4O.